The fourth-order valence-electron chi connectivity index (χ4n) is 1.34. The number of pyridine rings is 1. The van der Waals surface area contributed by atoms with Gasteiger partial charge in [-0.1, -0.05) is 13.8 Å². The lowest BCUT2D eigenvalue weighted by Crippen LogP contribution is -2.28. The van der Waals surface area contributed by atoms with E-state index >= 15 is 0 Å². The van der Waals surface area contributed by atoms with E-state index in [4.69, 9.17) is 10.5 Å². The van der Waals surface area contributed by atoms with Crippen LogP contribution in [0.15, 0.2) is 18.3 Å². The lowest BCUT2D eigenvalue weighted by atomic mass is 10.4. The summed E-state index contributed by atoms with van der Waals surface area (Å²) in [5.41, 5.74) is 6.30. The number of nitrogens with two attached hydrogens (primary N) is 1. The van der Waals surface area contributed by atoms with E-state index < -0.39 is 0 Å². The number of ether oxygens (including phenoxy) is 1. The van der Waals surface area contributed by atoms with E-state index in [1.807, 2.05) is 0 Å². The van der Waals surface area contributed by atoms with Crippen molar-refractivity contribution in [2.45, 2.75) is 13.8 Å². The van der Waals surface area contributed by atoms with Crippen LogP contribution >= 0.6 is 0 Å². The summed E-state index contributed by atoms with van der Waals surface area (Å²) >= 11 is 0. The lowest BCUT2D eigenvalue weighted by Gasteiger charge is -2.17. The second kappa shape index (κ2) is 6.24. The Bertz CT molecular complexity index is 287. The number of nitrogens with zero attached hydrogens (tertiary/aromatic N) is 2. The van der Waals surface area contributed by atoms with Crippen LogP contribution in [-0.4, -0.2) is 36.1 Å². The number of anilines is 1. The highest BCUT2D eigenvalue weighted by molar-refractivity contribution is 5.46. The van der Waals surface area contributed by atoms with Crippen LogP contribution in [0, 0.1) is 0 Å². The molecule has 0 bridgehead atoms. The maximum atomic E-state index is 5.70. The van der Waals surface area contributed by atoms with Crippen LogP contribution in [0.4, 0.5) is 5.69 Å². The average Bonchev–Trinajstić information content (AvgIpc) is 2.27. The first kappa shape index (κ1) is 11.8. The average molecular weight is 209 g/mol. The Morgan fingerprint density at radius 3 is 2.73 bits per heavy atom. The Kier molecular flexibility index (Phi) is 4.90. The van der Waals surface area contributed by atoms with Gasteiger partial charge in [-0.3, -0.25) is 0 Å². The van der Waals surface area contributed by atoms with Gasteiger partial charge < -0.3 is 15.4 Å². The molecule has 0 amide bonds. The van der Waals surface area contributed by atoms with Crippen LogP contribution in [0.2, 0.25) is 0 Å². The minimum atomic E-state index is 0.532. The van der Waals surface area contributed by atoms with E-state index in [0.717, 1.165) is 19.6 Å². The summed E-state index contributed by atoms with van der Waals surface area (Å²) in [6.07, 6.45) is 1.68. The molecule has 1 rings (SSSR count). The molecule has 0 aliphatic carbocycles. The summed E-state index contributed by atoms with van der Waals surface area (Å²) in [5.74, 6) is 0.532. The highest BCUT2D eigenvalue weighted by Crippen LogP contribution is 2.15. The molecule has 0 aliphatic rings. The largest absolute Gasteiger partial charge is 0.475 e. The van der Waals surface area contributed by atoms with Crippen molar-refractivity contribution in [1.82, 2.24) is 9.88 Å². The summed E-state index contributed by atoms with van der Waals surface area (Å²) in [6, 6.07) is 3.59. The molecule has 1 heterocycles. The fourth-order valence-corrected chi connectivity index (χ4v) is 1.34. The summed E-state index contributed by atoms with van der Waals surface area (Å²) in [5, 5.41) is 0. The van der Waals surface area contributed by atoms with Crippen molar-refractivity contribution in [2.24, 2.45) is 0 Å². The van der Waals surface area contributed by atoms with E-state index in [-0.39, 0.29) is 0 Å². The molecule has 0 saturated heterocycles. The number of likely N-dealkylation sites (N-methyl/N-ethyl adjacent to an activating group) is 1. The Morgan fingerprint density at radius 1 is 1.40 bits per heavy atom. The summed E-state index contributed by atoms with van der Waals surface area (Å²) in [6.45, 7) is 7.89. The Labute approximate surface area is 91.1 Å². The Morgan fingerprint density at radius 2 is 2.13 bits per heavy atom. The third-order valence-electron chi connectivity index (χ3n) is 2.34. The Balaban J connectivity index is 2.34. The maximum Gasteiger partial charge on any atom is 0.237 e. The Hall–Kier alpha value is -1.29. The topological polar surface area (TPSA) is 51.4 Å². The molecule has 4 nitrogen and oxygen atoms in total. The van der Waals surface area contributed by atoms with Gasteiger partial charge in [0.1, 0.15) is 6.61 Å². The summed E-state index contributed by atoms with van der Waals surface area (Å²) in [7, 11) is 0. The van der Waals surface area contributed by atoms with Gasteiger partial charge in [-0.2, -0.15) is 0 Å². The number of nitrogen functional groups attached to an aromatic ring is 1. The number of hydrogen-bond donors (Lipinski definition) is 1. The molecular formula is C11H19N3O. The zero-order valence-electron chi connectivity index (χ0n) is 9.44. The standard InChI is InChI=1S/C11H19N3O/c1-3-14(4-2)8-9-15-11-10(12)6-5-7-13-11/h5-7H,3-4,8-9,12H2,1-2H3. The van der Waals surface area contributed by atoms with Crippen LogP contribution in [0.1, 0.15) is 13.8 Å². The molecule has 0 saturated carbocycles. The molecule has 0 unspecified atom stereocenters. The highest BCUT2D eigenvalue weighted by atomic mass is 16.5. The molecule has 2 N–H and O–H groups in total. The van der Waals surface area contributed by atoms with Crippen LogP contribution < -0.4 is 10.5 Å². The van der Waals surface area contributed by atoms with E-state index in [0.29, 0.717) is 18.2 Å². The zero-order valence-corrected chi connectivity index (χ0v) is 9.44. The molecule has 1 aromatic heterocycles. The second-order valence-corrected chi connectivity index (χ2v) is 3.27. The van der Waals surface area contributed by atoms with Crippen molar-refractivity contribution in [2.75, 3.05) is 32.0 Å². The van der Waals surface area contributed by atoms with E-state index in [1.54, 1.807) is 18.3 Å². The first-order chi connectivity index (χ1) is 7.27. The number of aromatic nitrogens is 1. The van der Waals surface area contributed by atoms with Gasteiger partial charge in [-0.25, -0.2) is 4.98 Å². The minimum absolute atomic E-state index is 0.532. The van der Waals surface area contributed by atoms with Crippen LogP contribution in [0.3, 0.4) is 0 Å². The van der Waals surface area contributed by atoms with Gasteiger partial charge in [0.25, 0.3) is 0 Å². The van der Waals surface area contributed by atoms with Gasteiger partial charge in [0.15, 0.2) is 0 Å². The van der Waals surface area contributed by atoms with Gasteiger partial charge in [0, 0.05) is 12.7 Å². The molecule has 0 radical (unpaired) electrons. The van der Waals surface area contributed by atoms with Crippen LogP contribution in [0.5, 0.6) is 5.88 Å². The first-order valence-electron chi connectivity index (χ1n) is 5.33. The molecule has 4 heteroatoms. The summed E-state index contributed by atoms with van der Waals surface area (Å²) in [4.78, 5) is 6.35. The SMILES string of the molecule is CCN(CC)CCOc1ncccc1N. The molecule has 0 spiro atoms. The van der Waals surface area contributed by atoms with Crippen molar-refractivity contribution in [3.05, 3.63) is 18.3 Å². The minimum Gasteiger partial charge on any atom is -0.475 e. The van der Waals surface area contributed by atoms with Gasteiger partial charge in [0.05, 0.1) is 5.69 Å². The maximum absolute atomic E-state index is 5.70. The lowest BCUT2D eigenvalue weighted by molar-refractivity contribution is 0.219. The van der Waals surface area contributed by atoms with Crippen molar-refractivity contribution in [1.29, 1.82) is 0 Å². The third-order valence-corrected chi connectivity index (χ3v) is 2.34. The van der Waals surface area contributed by atoms with Crippen molar-refractivity contribution in [3.63, 3.8) is 0 Å². The third kappa shape index (κ3) is 3.75. The quantitative estimate of drug-likeness (QED) is 0.769. The molecular weight excluding hydrogens is 190 g/mol. The van der Waals surface area contributed by atoms with Gasteiger partial charge in [-0.15, -0.1) is 0 Å². The van der Waals surface area contributed by atoms with Crippen LogP contribution in [0.25, 0.3) is 0 Å². The van der Waals surface area contributed by atoms with Gasteiger partial charge >= 0.3 is 0 Å². The second-order valence-electron chi connectivity index (χ2n) is 3.27. The van der Waals surface area contributed by atoms with E-state index in [9.17, 15) is 0 Å². The molecule has 15 heavy (non-hydrogen) atoms. The molecule has 84 valence electrons. The monoisotopic (exact) mass is 209 g/mol. The molecule has 0 fully saturated rings. The van der Waals surface area contributed by atoms with E-state index in [2.05, 4.69) is 23.7 Å². The normalized spacial score (nSPS) is 10.6. The fraction of sp³-hybridized carbons (Fsp3) is 0.545. The first-order valence-corrected chi connectivity index (χ1v) is 5.33. The van der Waals surface area contributed by atoms with Gasteiger partial charge in [-0.05, 0) is 25.2 Å². The predicted molar refractivity (Wildman–Crippen MR) is 61.9 cm³/mol. The van der Waals surface area contributed by atoms with Crippen molar-refractivity contribution >= 4 is 5.69 Å². The predicted octanol–water partition coefficient (Wildman–Crippen LogP) is 1.38. The highest BCUT2D eigenvalue weighted by Gasteiger charge is 2.02. The van der Waals surface area contributed by atoms with E-state index in [1.165, 1.54) is 0 Å². The van der Waals surface area contributed by atoms with Gasteiger partial charge in [0.2, 0.25) is 5.88 Å². The number of hydrogen-bond acceptors (Lipinski definition) is 4. The molecule has 0 atom stereocenters. The van der Waals surface area contributed by atoms with Crippen LogP contribution in [-0.2, 0) is 0 Å². The van der Waals surface area contributed by atoms with Crippen molar-refractivity contribution in [3.8, 4) is 5.88 Å². The zero-order chi connectivity index (χ0) is 11.1. The summed E-state index contributed by atoms with van der Waals surface area (Å²) < 4.78 is 5.49. The molecule has 0 aliphatic heterocycles. The smallest absolute Gasteiger partial charge is 0.237 e. The number of rotatable bonds is 6. The molecule has 0 aromatic carbocycles. The van der Waals surface area contributed by atoms with Crippen molar-refractivity contribution < 1.29 is 4.74 Å². The molecule has 1 aromatic rings.